The van der Waals surface area contributed by atoms with E-state index in [0.717, 1.165) is 70.6 Å². The van der Waals surface area contributed by atoms with Crippen LogP contribution in [0.15, 0.2) is 36.5 Å². The summed E-state index contributed by atoms with van der Waals surface area (Å²) < 4.78 is 32.9. The molecule has 0 aromatic heterocycles. The van der Waals surface area contributed by atoms with Gasteiger partial charge in [-0.05, 0) is 44.9 Å². The summed E-state index contributed by atoms with van der Waals surface area (Å²) in [5, 5.41) is 0. The Morgan fingerprint density at radius 3 is 1.37 bits per heavy atom. The van der Waals surface area contributed by atoms with Crippen LogP contribution in [0.1, 0.15) is 239 Å². The van der Waals surface area contributed by atoms with E-state index in [-0.39, 0.29) is 38.6 Å². The molecule has 2 unspecified atom stereocenters. The first kappa shape index (κ1) is 58.2. The zero-order valence-corrected chi connectivity index (χ0v) is 39.8. The fraction of sp³-hybridized carbons (Fsp3) is 0.840. The van der Waals surface area contributed by atoms with E-state index >= 15 is 0 Å². The van der Waals surface area contributed by atoms with Gasteiger partial charge in [-0.25, -0.2) is 4.57 Å². The summed E-state index contributed by atoms with van der Waals surface area (Å²) in [5.41, 5.74) is 5.36. The number of nitrogens with two attached hydrogens (primary N) is 1. The summed E-state index contributed by atoms with van der Waals surface area (Å²) in [7, 11) is -4.38. The minimum Gasteiger partial charge on any atom is -0.462 e. The molecule has 0 saturated heterocycles. The molecule has 60 heavy (non-hydrogen) atoms. The van der Waals surface area contributed by atoms with Crippen LogP contribution in [0, 0.1) is 0 Å². The summed E-state index contributed by atoms with van der Waals surface area (Å²) in [6.07, 6.45) is 53.4. The Labute approximate surface area is 369 Å². The zero-order chi connectivity index (χ0) is 43.9. The highest BCUT2D eigenvalue weighted by atomic mass is 31.2. The lowest BCUT2D eigenvalue weighted by molar-refractivity contribution is -0.161. The molecule has 0 aromatic rings. The average molecular weight is 868 g/mol. The number of carbonyl (C=O) groups is 2. The monoisotopic (exact) mass is 868 g/mol. The third-order valence-corrected chi connectivity index (χ3v) is 11.8. The molecular weight excluding hydrogens is 774 g/mol. The fourth-order valence-electron chi connectivity index (χ4n) is 7.12. The van der Waals surface area contributed by atoms with Gasteiger partial charge in [0.15, 0.2) is 6.10 Å². The van der Waals surface area contributed by atoms with E-state index in [1.54, 1.807) is 0 Å². The quantitative estimate of drug-likeness (QED) is 0.0265. The van der Waals surface area contributed by atoms with E-state index in [1.165, 1.54) is 135 Å². The summed E-state index contributed by atoms with van der Waals surface area (Å²) >= 11 is 0. The van der Waals surface area contributed by atoms with Crippen LogP contribution in [0.2, 0.25) is 0 Å². The number of allylic oxidation sites excluding steroid dienone is 6. The zero-order valence-electron chi connectivity index (χ0n) is 38.9. The van der Waals surface area contributed by atoms with Crippen molar-refractivity contribution in [3.8, 4) is 0 Å². The molecule has 0 spiro atoms. The number of unbranched alkanes of at least 4 members (excludes halogenated alkanes) is 28. The predicted molar refractivity (Wildman–Crippen MR) is 252 cm³/mol. The number of phosphoric ester groups is 1. The van der Waals surface area contributed by atoms with Crippen molar-refractivity contribution in [1.82, 2.24) is 0 Å². The van der Waals surface area contributed by atoms with Crippen LogP contribution in [0.5, 0.6) is 0 Å². The molecule has 0 amide bonds. The molecule has 2 atom stereocenters. The number of ether oxygens (including phenoxy) is 2. The van der Waals surface area contributed by atoms with E-state index in [0.29, 0.717) is 6.42 Å². The van der Waals surface area contributed by atoms with Gasteiger partial charge in [0.25, 0.3) is 0 Å². The molecule has 0 radical (unpaired) electrons. The van der Waals surface area contributed by atoms with Gasteiger partial charge in [0.1, 0.15) is 6.61 Å². The Balaban J connectivity index is 3.99. The third kappa shape index (κ3) is 45.7. The molecule has 0 aromatic carbocycles. The second-order valence-electron chi connectivity index (χ2n) is 16.7. The van der Waals surface area contributed by atoms with Crippen molar-refractivity contribution < 1.29 is 37.6 Å². The van der Waals surface area contributed by atoms with Gasteiger partial charge in [0.2, 0.25) is 0 Å². The maximum Gasteiger partial charge on any atom is 0.472 e. The van der Waals surface area contributed by atoms with Crippen LogP contribution < -0.4 is 5.73 Å². The Bertz CT molecular complexity index is 1080. The summed E-state index contributed by atoms with van der Waals surface area (Å²) in [5.74, 6) is -0.839. The number of hydrogen-bond acceptors (Lipinski definition) is 8. The largest absolute Gasteiger partial charge is 0.472 e. The molecule has 0 bridgehead atoms. The van der Waals surface area contributed by atoms with E-state index in [4.69, 9.17) is 24.3 Å². The lowest BCUT2D eigenvalue weighted by atomic mass is 10.0. The SMILES string of the molecule is CC/C=C\C/C=C\C/C=C\CCCCCCCC(=O)OC(COC(=O)CCCCCCCCCCCCCCCCCCCCCCCCCC)COP(=O)(O)OCCN. The van der Waals surface area contributed by atoms with Crippen LogP contribution in [0.25, 0.3) is 0 Å². The van der Waals surface area contributed by atoms with Crippen molar-refractivity contribution >= 4 is 19.8 Å². The van der Waals surface area contributed by atoms with Crippen molar-refractivity contribution in [2.75, 3.05) is 26.4 Å². The van der Waals surface area contributed by atoms with Crippen LogP contribution in [0.4, 0.5) is 0 Å². The van der Waals surface area contributed by atoms with E-state index in [9.17, 15) is 19.0 Å². The van der Waals surface area contributed by atoms with Crippen LogP contribution in [-0.4, -0.2) is 49.3 Å². The third-order valence-electron chi connectivity index (χ3n) is 10.8. The molecule has 0 aliphatic rings. The van der Waals surface area contributed by atoms with Crippen molar-refractivity contribution in [2.24, 2.45) is 5.73 Å². The van der Waals surface area contributed by atoms with Crippen LogP contribution >= 0.6 is 7.82 Å². The van der Waals surface area contributed by atoms with Crippen LogP contribution in [0.3, 0.4) is 0 Å². The topological polar surface area (TPSA) is 134 Å². The average Bonchev–Trinajstić information content (AvgIpc) is 3.24. The fourth-order valence-corrected chi connectivity index (χ4v) is 7.89. The van der Waals surface area contributed by atoms with E-state index in [2.05, 4.69) is 50.3 Å². The Hall–Kier alpha value is -1.77. The Morgan fingerprint density at radius 1 is 0.517 bits per heavy atom. The van der Waals surface area contributed by atoms with Crippen molar-refractivity contribution in [2.45, 2.75) is 245 Å². The first-order chi connectivity index (χ1) is 29.3. The number of hydrogen-bond donors (Lipinski definition) is 2. The summed E-state index contributed by atoms with van der Waals surface area (Å²) in [4.78, 5) is 35.0. The second kappa shape index (κ2) is 46.7. The smallest absolute Gasteiger partial charge is 0.462 e. The highest BCUT2D eigenvalue weighted by Crippen LogP contribution is 2.43. The van der Waals surface area contributed by atoms with Gasteiger partial charge < -0.3 is 20.1 Å². The maximum atomic E-state index is 12.6. The number of esters is 2. The van der Waals surface area contributed by atoms with Gasteiger partial charge in [0, 0.05) is 19.4 Å². The molecule has 9 nitrogen and oxygen atoms in total. The Morgan fingerprint density at radius 2 is 0.917 bits per heavy atom. The number of carbonyl (C=O) groups excluding carboxylic acids is 2. The summed E-state index contributed by atoms with van der Waals surface area (Å²) in [6.45, 7) is 3.63. The standard InChI is InChI=1S/C50H94NO8P/c1-3-5-7-9-11-13-15-17-19-20-21-22-23-24-25-26-27-29-30-32-34-36-38-40-42-49(52)56-46-48(47-58-60(54,55)57-45-44-51)59-50(53)43-41-39-37-35-33-31-28-18-16-14-12-10-8-6-4-2/h6,8,12,14,18,28,48H,3-5,7,9-11,13,15-17,19-27,29-47,51H2,1-2H3,(H,54,55)/b8-6-,14-12-,28-18-. The van der Waals surface area contributed by atoms with E-state index in [1.807, 2.05) is 0 Å². The van der Waals surface area contributed by atoms with E-state index < -0.39 is 26.5 Å². The van der Waals surface area contributed by atoms with Gasteiger partial charge in [0.05, 0.1) is 13.2 Å². The molecule has 0 fully saturated rings. The molecule has 0 aliphatic carbocycles. The minimum atomic E-state index is -4.38. The maximum absolute atomic E-state index is 12.6. The highest BCUT2D eigenvalue weighted by Gasteiger charge is 2.26. The molecule has 10 heteroatoms. The molecule has 0 saturated carbocycles. The number of phosphoric acid groups is 1. The van der Waals surface area contributed by atoms with Gasteiger partial charge >= 0.3 is 19.8 Å². The Kier molecular flexibility index (Phi) is 45.3. The lowest BCUT2D eigenvalue weighted by Gasteiger charge is -2.19. The molecule has 0 rings (SSSR count). The van der Waals surface area contributed by atoms with Gasteiger partial charge in [-0.1, -0.05) is 217 Å². The molecular formula is C50H94NO8P. The normalized spacial score (nSPS) is 13.5. The lowest BCUT2D eigenvalue weighted by Crippen LogP contribution is -2.29. The first-order valence-electron chi connectivity index (χ1n) is 25.0. The van der Waals surface area contributed by atoms with Gasteiger partial charge in [-0.2, -0.15) is 0 Å². The van der Waals surface area contributed by atoms with Gasteiger partial charge in [-0.15, -0.1) is 0 Å². The molecule has 352 valence electrons. The summed E-state index contributed by atoms with van der Waals surface area (Å²) in [6, 6.07) is 0. The molecule has 0 heterocycles. The van der Waals surface area contributed by atoms with Gasteiger partial charge in [-0.3, -0.25) is 18.6 Å². The number of rotatable bonds is 47. The highest BCUT2D eigenvalue weighted by molar-refractivity contribution is 7.47. The molecule has 0 aliphatic heterocycles. The van der Waals surface area contributed by atoms with Crippen molar-refractivity contribution in [3.05, 3.63) is 36.5 Å². The second-order valence-corrected chi connectivity index (χ2v) is 18.1. The van der Waals surface area contributed by atoms with Crippen LogP contribution in [-0.2, 0) is 32.7 Å². The van der Waals surface area contributed by atoms with Crippen molar-refractivity contribution in [1.29, 1.82) is 0 Å². The molecule has 3 N–H and O–H groups in total. The predicted octanol–water partition coefficient (Wildman–Crippen LogP) is 14.9. The minimum absolute atomic E-state index is 0.0509. The van der Waals surface area contributed by atoms with Crippen molar-refractivity contribution in [3.63, 3.8) is 0 Å². The first-order valence-corrected chi connectivity index (χ1v) is 26.5.